The number of nitrogens with one attached hydrogen (secondary N) is 1. The van der Waals surface area contributed by atoms with Crippen LogP contribution in [0.4, 0.5) is 13.6 Å². The number of rotatable bonds is 5. The lowest BCUT2D eigenvalue weighted by Crippen LogP contribution is -2.21. The van der Waals surface area contributed by atoms with E-state index in [9.17, 15) is 13.6 Å². The molecule has 106 valence electrons. The van der Waals surface area contributed by atoms with E-state index in [2.05, 4.69) is 10.3 Å². The summed E-state index contributed by atoms with van der Waals surface area (Å²) in [7, 11) is 1.46. The number of amides is 1. The zero-order chi connectivity index (χ0) is 14.4. The van der Waals surface area contributed by atoms with Crippen LogP contribution in [0.15, 0.2) is 12.3 Å². The second-order valence-electron chi connectivity index (χ2n) is 3.89. The van der Waals surface area contributed by atoms with Crippen LogP contribution in [-0.2, 0) is 4.74 Å². The molecule has 7 heteroatoms. The molecule has 1 aromatic heterocycles. The zero-order valence-electron chi connectivity index (χ0n) is 10.9. The van der Waals surface area contributed by atoms with Crippen LogP contribution in [0.25, 0.3) is 0 Å². The molecule has 0 radical (unpaired) electrons. The van der Waals surface area contributed by atoms with Gasteiger partial charge in [0.05, 0.1) is 0 Å². The van der Waals surface area contributed by atoms with Crippen LogP contribution in [-0.4, -0.2) is 31.2 Å². The Bertz CT molecular complexity index is 441. The number of aromatic nitrogens is 1. The van der Waals surface area contributed by atoms with E-state index in [4.69, 9.17) is 9.47 Å². The second-order valence-corrected chi connectivity index (χ2v) is 3.89. The maximum Gasteiger partial charge on any atom is 0.407 e. The van der Waals surface area contributed by atoms with E-state index in [1.807, 2.05) is 0 Å². The van der Waals surface area contributed by atoms with Gasteiger partial charge in [0.15, 0.2) is 6.61 Å². The van der Waals surface area contributed by atoms with Crippen molar-refractivity contribution in [1.82, 2.24) is 10.3 Å². The topological polar surface area (TPSA) is 60.5 Å². The van der Waals surface area contributed by atoms with Gasteiger partial charge in [-0.05, 0) is 19.9 Å². The van der Waals surface area contributed by atoms with Crippen molar-refractivity contribution < 1.29 is 23.0 Å². The Morgan fingerprint density at radius 1 is 1.53 bits per heavy atom. The molecular weight excluding hydrogens is 258 g/mol. The average molecular weight is 274 g/mol. The minimum atomic E-state index is -2.55. The second kappa shape index (κ2) is 6.86. The van der Waals surface area contributed by atoms with Crippen molar-refractivity contribution >= 4 is 6.09 Å². The van der Waals surface area contributed by atoms with E-state index in [1.165, 1.54) is 13.2 Å². The molecule has 0 saturated carbocycles. The van der Waals surface area contributed by atoms with Crippen molar-refractivity contribution in [3.8, 4) is 5.88 Å². The van der Waals surface area contributed by atoms with E-state index < -0.39 is 25.2 Å². The third-order valence-electron chi connectivity index (χ3n) is 2.35. The maximum absolute atomic E-state index is 12.0. The number of carbonyl (C=O) groups excluding carboxylic acids is 1. The Kier molecular flexibility index (Phi) is 5.47. The Hall–Kier alpha value is -1.92. The van der Waals surface area contributed by atoms with Crippen LogP contribution in [0, 0.1) is 6.92 Å². The normalized spacial score (nSPS) is 12.1. The highest BCUT2D eigenvalue weighted by Gasteiger charge is 2.13. The summed E-state index contributed by atoms with van der Waals surface area (Å²) in [6, 6.07) is 1.68. The molecule has 0 aliphatic heterocycles. The fraction of sp³-hybridized carbons (Fsp3) is 0.500. The molecule has 1 heterocycles. The smallest absolute Gasteiger partial charge is 0.407 e. The maximum atomic E-state index is 12.0. The van der Waals surface area contributed by atoms with Gasteiger partial charge in [-0.2, -0.15) is 0 Å². The first-order chi connectivity index (χ1) is 8.93. The Morgan fingerprint density at radius 3 is 2.74 bits per heavy atom. The quantitative estimate of drug-likeness (QED) is 0.896. The number of hydrogen-bond donors (Lipinski definition) is 1. The summed E-state index contributed by atoms with van der Waals surface area (Å²) in [5, 5.41) is 2.33. The Labute approximate surface area is 109 Å². The number of aryl methyl sites for hydroxylation is 1. The minimum absolute atomic E-state index is 0.149. The average Bonchev–Trinajstić information content (AvgIpc) is 2.36. The van der Waals surface area contributed by atoms with E-state index in [0.717, 1.165) is 0 Å². The number of nitrogens with zero attached hydrogens (tertiary/aromatic N) is 1. The van der Waals surface area contributed by atoms with Crippen LogP contribution >= 0.6 is 0 Å². The lowest BCUT2D eigenvalue weighted by molar-refractivity contribution is 0.0789. The van der Waals surface area contributed by atoms with Crippen molar-refractivity contribution in [2.75, 3.05) is 13.7 Å². The summed E-state index contributed by atoms with van der Waals surface area (Å²) in [6.07, 6.45) is -2.16. The Morgan fingerprint density at radius 2 is 2.21 bits per heavy atom. The monoisotopic (exact) mass is 274 g/mol. The predicted octanol–water partition coefficient (Wildman–Crippen LogP) is 2.45. The minimum Gasteiger partial charge on any atom is -0.471 e. The number of halogens is 2. The molecule has 1 atom stereocenters. The largest absolute Gasteiger partial charge is 0.471 e. The lowest BCUT2D eigenvalue weighted by Gasteiger charge is -2.14. The first kappa shape index (κ1) is 15.1. The molecule has 1 rings (SSSR count). The van der Waals surface area contributed by atoms with E-state index in [1.54, 1.807) is 19.9 Å². The van der Waals surface area contributed by atoms with Gasteiger partial charge >= 0.3 is 6.09 Å². The third-order valence-corrected chi connectivity index (χ3v) is 2.35. The predicted molar refractivity (Wildman–Crippen MR) is 64.4 cm³/mol. The summed E-state index contributed by atoms with van der Waals surface area (Å²) in [6.45, 7) is 2.67. The van der Waals surface area contributed by atoms with Crippen molar-refractivity contribution in [3.05, 3.63) is 23.4 Å². The molecule has 1 unspecified atom stereocenters. The van der Waals surface area contributed by atoms with E-state index >= 15 is 0 Å². The van der Waals surface area contributed by atoms with Gasteiger partial charge in [-0.15, -0.1) is 0 Å². The van der Waals surface area contributed by atoms with E-state index in [-0.39, 0.29) is 5.88 Å². The van der Waals surface area contributed by atoms with Crippen molar-refractivity contribution in [2.24, 2.45) is 0 Å². The van der Waals surface area contributed by atoms with Gasteiger partial charge in [-0.1, -0.05) is 0 Å². The van der Waals surface area contributed by atoms with Crippen molar-refractivity contribution in [2.45, 2.75) is 26.4 Å². The molecule has 19 heavy (non-hydrogen) atoms. The third kappa shape index (κ3) is 4.69. The number of alkyl carbamates (subject to hydrolysis) is 1. The van der Waals surface area contributed by atoms with Crippen LogP contribution in [0.3, 0.4) is 0 Å². The van der Waals surface area contributed by atoms with Gasteiger partial charge < -0.3 is 14.8 Å². The fourth-order valence-corrected chi connectivity index (χ4v) is 1.39. The van der Waals surface area contributed by atoms with Crippen molar-refractivity contribution in [1.29, 1.82) is 0 Å². The molecular formula is C12H16F2N2O3. The fourth-order valence-electron chi connectivity index (χ4n) is 1.39. The molecule has 0 aliphatic rings. The molecule has 0 bridgehead atoms. The molecule has 0 saturated heterocycles. The number of pyridine rings is 1. The molecule has 1 N–H and O–H groups in total. The number of hydrogen-bond acceptors (Lipinski definition) is 4. The van der Waals surface area contributed by atoms with Gasteiger partial charge in [-0.25, -0.2) is 18.6 Å². The highest BCUT2D eigenvalue weighted by molar-refractivity contribution is 5.67. The highest BCUT2D eigenvalue weighted by atomic mass is 19.3. The number of alkyl halides is 2. The van der Waals surface area contributed by atoms with Crippen LogP contribution in [0.5, 0.6) is 5.88 Å². The summed E-state index contributed by atoms with van der Waals surface area (Å²) in [4.78, 5) is 15.0. The highest BCUT2D eigenvalue weighted by Crippen LogP contribution is 2.22. The molecule has 0 aromatic carbocycles. The van der Waals surface area contributed by atoms with Gasteiger partial charge in [0.1, 0.15) is 6.10 Å². The van der Waals surface area contributed by atoms with Crippen LogP contribution < -0.4 is 10.1 Å². The van der Waals surface area contributed by atoms with Crippen molar-refractivity contribution in [3.63, 3.8) is 0 Å². The molecule has 0 spiro atoms. The number of carbonyl (C=O) groups is 1. The lowest BCUT2D eigenvalue weighted by atomic mass is 10.1. The first-order valence-electron chi connectivity index (χ1n) is 5.70. The van der Waals surface area contributed by atoms with Gasteiger partial charge in [-0.3, -0.25) is 0 Å². The molecule has 1 aromatic rings. The van der Waals surface area contributed by atoms with Gasteiger partial charge in [0.2, 0.25) is 5.88 Å². The van der Waals surface area contributed by atoms with Crippen LogP contribution in [0.1, 0.15) is 24.2 Å². The Balaban J connectivity index is 2.72. The molecule has 1 amide bonds. The van der Waals surface area contributed by atoms with Gasteiger partial charge in [0.25, 0.3) is 6.43 Å². The van der Waals surface area contributed by atoms with E-state index in [0.29, 0.717) is 11.1 Å². The standard InChI is InChI=1S/C12H16F2N2O3/c1-7-4-9(8(2)19-12(17)15-3)5-16-11(7)18-6-10(13)14/h4-5,8,10H,6H2,1-3H3,(H,15,17). The summed E-state index contributed by atoms with van der Waals surface area (Å²) < 4.78 is 33.9. The molecule has 5 nitrogen and oxygen atoms in total. The van der Waals surface area contributed by atoms with Crippen LogP contribution in [0.2, 0.25) is 0 Å². The first-order valence-corrected chi connectivity index (χ1v) is 5.70. The van der Waals surface area contributed by atoms with Gasteiger partial charge in [0, 0.05) is 24.4 Å². The SMILES string of the molecule is CNC(=O)OC(C)c1cnc(OCC(F)F)c(C)c1. The molecule has 0 aliphatic carbocycles. The summed E-state index contributed by atoms with van der Waals surface area (Å²) in [5.41, 5.74) is 1.26. The summed E-state index contributed by atoms with van der Waals surface area (Å²) in [5.74, 6) is 0.149. The molecule has 0 fully saturated rings. The summed E-state index contributed by atoms with van der Waals surface area (Å²) >= 11 is 0. The zero-order valence-corrected chi connectivity index (χ0v) is 10.9. The number of ether oxygens (including phenoxy) is 2.